The molecule has 1 aliphatic rings. The van der Waals surface area contributed by atoms with Crippen molar-refractivity contribution in [3.8, 4) is 0 Å². The Balaban J connectivity index is 1.88. The second-order valence-electron chi connectivity index (χ2n) is 6.63. The molecule has 0 aliphatic heterocycles. The monoisotopic (exact) mass is 338 g/mol. The Kier molecular flexibility index (Phi) is 4.83. The Morgan fingerprint density at radius 1 is 1.20 bits per heavy atom. The van der Waals surface area contributed by atoms with Crippen LogP contribution in [-0.4, -0.2) is 32.9 Å². The summed E-state index contributed by atoms with van der Waals surface area (Å²) in [6.45, 7) is 4.22. The maximum absolute atomic E-state index is 13.1. The van der Waals surface area contributed by atoms with E-state index in [9.17, 15) is 9.59 Å². The lowest BCUT2D eigenvalue weighted by Crippen LogP contribution is -2.39. The summed E-state index contributed by atoms with van der Waals surface area (Å²) < 4.78 is 0. The van der Waals surface area contributed by atoms with Gasteiger partial charge in [0, 0.05) is 12.6 Å². The molecule has 0 spiro atoms. The summed E-state index contributed by atoms with van der Waals surface area (Å²) in [5, 5.41) is 9.13. The van der Waals surface area contributed by atoms with E-state index in [1.165, 1.54) is 12.1 Å². The van der Waals surface area contributed by atoms with Crippen LogP contribution in [0.25, 0.3) is 0 Å². The van der Waals surface area contributed by atoms with Crippen molar-refractivity contribution in [2.45, 2.75) is 39.3 Å². The Morgan fingerprint density at radius 2 is 1.88 bits per heavy atom. The number of aryl methyl sites for hydroxylation is 1. The highest BCUT2D eigenvalue weighted by molar-refractivity contribution is 5.94. The zero-order chi connectivity index (χ0) is 18.0. The van der Waals surface area contributed by atoms with Gasteiger partial charge in [-0.25, -0.2) is 9.78 Å². The number of hydrogen-bond acceptors (Lipinski definition) is 3. The van der Waals surface area contributed by atoms with Crippen LogP contribution in [0.1, 0.15) is 51.9 Å². The molecule has 130 valence electrons. The number of aromatic nitrogens is 1. The van der Waals surface area contributed by atoms with Gasteiger partial charge in [-0.1, -0.05) is 30.3 Å². The molecule has 1 atom stereocenters. The normalized spacial score (nSPS) is 14.8. The number of carbonyl (C=O) groups is 2. The molecule has 1 aromatic heterocycles. The minimum atomic E-state index is -1.03. The van der Waals surface area contributed by atoms with E-state index in [-0.39, 0.29) is 17.5 Å². The van der Waals surface area contributed by atoms with Crippen LogP contribution in [0.15, 0.2) is 42.5 Å². The summed E-state index contributed by atoms with van der Waals surface area (Å²) >= 11 is 0. The summed E-state index contributed by atoms with van der Waals surface area (Å²) in [5.74, 6) is -0.646. The standard InChI is InChI=1S/C20H22N2O3/c1-13-17(20(24)25)10-11-18(21-13)19(23)22(14(2)16-8-9-16)12-15-6-4-3-5-7-15/h3-7,10-11,14,16H,8-9,12H2,1-2H3,(H,24,25). The summed E-state index contributed by atoms with van der Waals surface area (Å²) in [4.78, 5) is 30.3. The molecule has 1 amide bonds. The van der Waals surface area contributed by atoms with Gasteiger partial charge in [-0.3, -0.25) is 4.79 Å². The highest BCUT2D eigenvalue weighted by Gasteiger charge is 2.35. The lowest BCUT2D eigenvalue weighted by atomic mass is 10.1. The topological polar surface area (TPSA) is 70.5 Å². The molecule has 1 aliphatic carbocycles. The lowest BCUT2D eigenvalue weighted by Gasteiger charge is -2.29. The molecule has 1 aromatic carbocycles. The van der Waals surface area contributed by atoms with E-state index in [1.54, 1.807) is 6.92 Å². The third kappa shape index (κ3) is 3.87. The van der Waals surface area contributed by atoms with Gasteiger partial charge >= 0.3 is 5.97 Å². The third-order valence-corrected chi connectivity index (χ3v) is 4.79. The fraction of sp³-hybridized carbons (Fsp3) is 0.350. The molecule has 1 N–H and O–H groups in total. The van der Waals surface area contributed by atoms with Gasteiger partial charge in [0.05, 0.1) is 11.3 Å². The molecule has 0 bridgehead atoms. The summed E-state index contributed by atoms with van der Waals surface area (Å²) in [5.41, 5.74) is 1.85. The van der Waals surface area contributed by atoms with Crippen LogP contribution < -0.4 is 0 Å². The van der Waals surface area contributed by atoms with E-state index in [4.69, 9.17) is 5.11 Å². The Bertz CT molecular complexity index is 785. The van der Waals surface area contributed by atoms with Gasteiger partial charge in [0.2, 0.25) is 0 Å². The number of carbonyl (C=O) groups excluding carboxylic acids is 1. The SMILES string of the molecule is Cc1nc(C(=O)N(Cc2ccccc2)C(C)C2CC2)ccc1C(=O)O. The van der Waals surface area contributed by atoms with Gasteiger partial charge in [-0.05, 0) is 50.3 Å². The third-order valence-electron chi connectivity index (χ3n) is 4.79. The van der Waals surface area contributed by atoms with E-state index >= 15 is 0 Å². The smallest absolute Gasteiger partial charge is 0.337 e. The Hall–Kier alpha value is -2.69. The molecule has 0 radical (unpaired) electrons. The van der Waals surface area contributed by atoms with Crippen molar-refractivity contribution in [3.63, 3.8) is 0 Å². The number of amides is 1. The Morgan fingerprint density at radius 3 is 2.44 bits per heavy atom. The van der Waals surface area contributed by atoms with Crippen LogP contribution in [0.4, 0.5) is 0 Å². The molecule has 1 saturated carbocycles. The van der Waals surface area contributed by atoms with E-state index in [1.807, 2.05) is 35.2 Å². The molecule has 1 unspecified atom stereocenters. The predicted octanol–water partition coefficient (Wildman–Crippen LogP) is 3.53. The van der Waals surface area contributed by atoms with E-state index in [2.05, 4.69) is 11.9 Å². The number of pyridine rings is 1. The molecule has 3 rings (SSSR count). The molecule has 1 heterocycles. The first kappa shape index (κ1) is 17.1. The van der Waals surface area contributed by atoms with Gasteiger partial charge in [-0.15, -0.1) is 0 Å². The molecule has 2 aromatic rings. The van der Waals surface area contributed by atoms with Crippen molar-refractivity contribution in [1.82, 2.24) is 9.88 Å². The van der Waals surface area contributed by atoms with Crippen LogP contribution >= 0.6 is 0 Å². The first-order chi connectivity index (χ1) is 12.0. The van der Waals surface area contributed by atoms with E-state index in [0.29, 0.717) is 23.9 Å². The quantitative estimate of drug-likeness (QED) is 0.875. The number of carboxylic acids is 1. The number of nitrogens with zero attached hydrogens (tertiary/aromatic N) is 2. The number of hydrogen-bond donors (Lipinski definition) is 1. The largest absolute Gasteiger partial charge is 0.478 e. The minimum Gasteiger partial charge on any atom is -0.478 e. The van der Waals surface area contributed by atoms with Crippen molar-refractivity contribution in [2.75, 3.05) is 0 Å². The fourth-order valence-electron chi connectivity index (χ4n) is 3.07. The van der Waals surface area contributed by atoms with Crippen LogP contribution in [-0.2, 0) is 6.54 Å². The number of benzene rings is 1. The number of aromatic carboxylic acids is 1. The summed E-state index contributed by atoms with van der Waals surface area (Å²) in [6.07, 6.45) is 2.29. The summed E-state index contributed by atoms with van der Waals surface area (Å²) in [7, 11) is 0. The first-order valence-corrected chi connectivity index (χ1v) is 8.53. The van der Waals surface area contributed by atoms with Crippen molar-refractivity contribution in [2.24, 2.45) is 5.92 Å². The van der Waals surface area contributed by atoms with Crippen LogP contribution in [0, 0.1) is 12.8 Å². The molecular weight excluding hydrogens is 316 g/mol. The van der Waals surface area contributed by atoms with E-state index in [0.717, 1.165) is 18.4 Å². The molecular formula is C20H22N2O3. The van der Waals surface area contributed by atoms with Crippen molar-refractivity contribution >= 4 is 11.9 Å². The van der Waals surface area contributed by atoms with Crippen LogP contribution in [0.5, 0.6) is 0 Å². The van der Waals surface area contributed by atoms with Gasteiger partial charge < -0.3 is 10.0 Å². The molecule has 0 saturated heterocycles. The predicted molar refractivity (Wildman–Crippen MR) is 94.4 cm³/mol. The zero-order valence-corrected chi connectivity index (χ0v) is 14.5. The molecule has 25 heavy (non-hydrogen) atoms. The van der Waals surface area contributed by atoms with E-state index < -0.39 is 5.97 Å². The van der Waals surface area contributed by atoms with Gasteiger partial charge in [0.15, 0.2) is 0 Å². The average molecular weight is 338 g/mol. The highest BCUT2D eigenvalue weighted by Crippen LogP contribution is 2.36. The molecule has 5 heteroatoms. The second-order valence-corrected chi connectivity index (χ2v) is 6.63. The maximum atomic E-state index is 13.1. The second kappa shape index (κ2) is 7.05. The minimum absolute atomic E-state index is 0.126. The highest BCUT2D eigenvalue weighted by atomic mass is 16.4. The Labute approximate surface area is 147 Å². The molecule has 1 fully saturated rings. The average Bonchev–Trinajstić information content (AvgIpc) is 3.44. The number of carboxylic acid groups (broad SMARTS) is 1. The van der Waals surface area contributed by atoms with Gasteiger partial charge in [0.1, 0.15) is 5.69 Å². The first-order valence-electron chi connectivity index (χ1n) is 8.53. The fourth-order valence-corrected chi connectivity index (χ4v) is 3.07. The molecule has 5 nitrogen and oxygen atoms in total. The zero-order valence-electron chi connectivity index (χ0n) is 14.5. The van der Waals surface area contributed by atoms with Crippen molar-refractivity contribution < 1.29 is 14.7 Å². The van der Waals surface area contributed by atoms with Crippen LogP contribution in [0.3, 0.4) is 0 Å². The lowest BCUT2D eigenvalue weighted by molar-refractivity contribution is 0.0643. The van der Waals surface area contributed by atoms with Crippen molar-refractivity contribution in [1.29, 1.82) is 0 Å². The van der Waals surface area contributed by atoms with Crippen molar-refractivity contribution in [3.05, 3.63) is 65.0 Å². The van der Waals surface area contributed by atoms with Gasteiger partial charge in [-0.2, -0.15) is 0 Å². The summed E-state index contributed by atoms with van der Waals surface area (Å²) in [6, 6.07) is 13.0. The maximum Gasteiger partial charge on any atom is 0.337 e. The van der Waals surface area contributed by atoms with Gasteiger partial charge in [0.25, 0.3) is 5.91 Å². The number of rotatable bonds is 6. The van der Waals surface area contributed by atoms with Crippen LogP contribution in [0.2, 0.25) is 0 Å².